The summed E-state index contributed by atoms with van der Waals surface area (Å²) in [5.74, 6) is 0.416. The molecule has 5 heterocycles. The van der Waals surface area contributed by atoms with Gasteiger partial charge in [0.15, 0.2) is 0 Å². The van der Waals surface area contributed by atoms with Crippen molar-refractivity contribution < 1.29 is 19.4 Å². The van der Waals surface area contributed by atoms with Crippen molar-refractivity contribution in [1.29, 1.82) is 0 Å². The molecule has 0 spiro atoms. The number of carbonyl (C=O) groups is 1. The van der Waals surface area contributed by atoms with E-state index in [2.05, 4.69) is 51.0 Å². The Labute approximate surface area is 311 Å². The minimum atomic E-state index is -0.932. The summed E-state index contributed by atoms with van der Waals surface area (Å²) in [5, 5.41) is 51.2. The minimum Gasteiger partial charge on any atom is -0.492 e. The van der Waals surface area contributed by atoms with E-state index >= 15 is 0 Å². The molecule has 272 valence electrons. The summed E-state index contributed by atoms with van der Waals surface area (Å²) in [7, 11) is 1.59. The van der Waals surface area contributed by atoms with Crippen LogP contribution >= 0.6 is 0 Å². The number of aromatic nitrogens is 10. The first kappa shape index (κ1) is 38.1. The molecule has 0 radical (unpaired) electrons. The molecule has 0 atom stereocenters. The first-order valence-corrected chi connectivity index (χ1v) is 17.1. The maximum atomic E-state index is 10.6. The molecule has 1 aliphatic carbocycles. The Morgan fingerprint density at radius 2 is 1.28 bits per heavy atom. The van der Waals surface area contributed by atoms with E-state index in [4.69, 9.17) is 14.6 Å². The number of nitrogens with zero attached hydrogens (tertiary/aromatic N) is 10. The smallest absolute Gasteiger partial charge is 0.335 e. The molecule has 5 aromatic heterocycles. The van der Waals surface area contributed by atoms with E-state index in [0.717, 1.165) is 38.2 Å². The molecular formula is C40H38N10O4. The molecule has 54 heavy (non-hydrogen) atoms. The number of carboxylic acids is 1. The highest BCUT2D eigenvalue weighted by Crippen LogP contribution is 2.20. The van der Waals surface area contributed by atoms with Crippen molar-refractivity contribution in [3.63, 3.8) is 0 Å². The van der Waals surface area contributed by atoms with E-state index in [1.165, 1.54) is 36.8 Å². The van der Waals surface area contributed by atoms with E-state index in [-0.39, 0.29) is 5.56 Å². The van der Waals surface area contributed by atoms with Crippen LogP contribution in [0.2, 0.25) is 0 Å². The Hall–Kier alpha value is -7.09. The minimum absolute atomic E-state index is 0.264. The van der Waals surface area contributed by atoms with Crippen molar-refractivity contribution in [3.05, 3.63) is 145 Å². The van der Waals surface area contributed by atoms with Gasteiger partial charge in [-0.1, -0.05) is 42.5 Å². The average molecular weight is 723 g/mol. The number of ether oxygens (including phenoxy) is 2. The Morgan fingerprint density at radius 3 is 1.96 bits per heavy atom. The third-order valence-corrected chi connectivity index (χ3v) is 7.86. The predicted molar refractivity (Wildman–Crippen MR) is 204 cm³/mol. The fraction of sp³-hybridized carbons (Fsp3) is 0.175. The number of methoxy groups -OCH3 is 1. The third kappa shape index (κ3) is 11.5. The molecule has 14 heteroatoms. The number of benzene rings is 3. The average Bonchev–Trinajstić information content (AvgIpc) is 3.25. The van der Waals surface area contributed by atoms with Crippen LogP contribution in [0.15, 0.2) is 128 Å². The van der Waals surface area contributed by atoms with Crippen LogP contribution in [-0.2, 0) is 12.8 Å². The van der Waals surface area contributed by atoms with E-state index in [0.29, 0.717) is 12.5 Å². The first-order valence-electron chi connectivity index (χ1n) is 17.1. The van der Waals surface area contributed by atoms with Crippen molar-refractivity contribution in [1.82, 2.24) is 51.0 Å². The molecule has 0 saturated heterocycles. The molecule has 0 saturated carbocycles. The maximum absolute atomic E-state index is 10.6. The summed E-state index contributed by atoms with van der Waals surface area (Å²) in [4.78, 5) is 10.6. The number of hydrogen-bond donors (Lipinski definition) is 1. The Morgan fingerprint density at radius 1 is 0.630 bits per heavy atom. The number of aromatic carboxylic acids is 1. The predicted octanol–water partition coefficient (Wildman–Crippen LogP) is 6.83. The molecule has 0 bridgehead atoms. The van der Waals surface area contributed by atoms with Gasteiger partial charge in [-0.2, -0.15) is 45.9 Å². The highest BCUT2D eigenvalue weighted by Gasteiger charge is 2.08. The third-order valence-electron chi connectivity index (χ3n) is 7.86. The highest BCUT2D eigenvalue weighted by atomic mass is 16.5. The maximum Gasteiger partial charge on any atom is 0.335 e. The Kier molecular flexibility index (Phi) is 14.6. The van der Waals surface area contributed by atoms with E-state index in [1.54, 1.807) is 68.6 Å². The highest BCUT2D eigenvalue weighted by molar-refractivity contribution is 5.93. The van der Waals surface area contributed by atoms with Crippen molar-refractivity contribution >= 4 is 38.4 Å². The monoisotopic (exact) mass is 722 g/mol. The number of aryl methyl sites for hydroxylation is 2. The van der Waals surface area contributed by atoms with Gasteiger partial charge in [-0.3, -0.25) is 0 Å². The van der Waals surface area contributed by atoms with E-state index in [9.17, 15) is 4.79 Å². The van der Waals surface area contributed by atoms with Gasteiger partial charge in [0.1, 0.15) is 5.75 Å². The zero-order valence-corrected chi connectivity index (χ0v) is 29.8. The van der Waals surface area contributed by atoms with Crippen LogP contribution in [0.3, 0.4) is 0 Å². The fourth-order valence-corrected chi connectivity index (χ4v) is 5.19. The molecule has 14 nitrogen and oxygen atoms in total. The summed E-state index contributed by atoms with van der Waals surface area (Å²) in [6, 6.07) is 24.3. The molecule has 1 aliphatic rings. The van der Waals surface area contributed by atoms with Gasteiger partial charge in [0.25, 0.3) is 0 Å². The number of carboxylic acid groups (broad SMARTS) is 1. The molecule has 8 aromatic rings. The summed E-state index contributed by atoms with van der Waals surface area (Å²) in [5.41, 5.74) is 4.02. The van der Waals surface area contributed by atoms with Crippen LogP contribution in [0.1, 0.15) is 41.3 Å². The van der Waals surface area contributed by atoms with Gasteiger partial charge in [0, 0.05) is 33.0 Å². The zero-order valence-electron chi connectivity index (χ0n) is 29.8. The van der Waals surface area contributed by atoms with Gasteiger partial charge in [-0.05, 0) is 74.1 Å². The molecular weight excluding hydrogens is 685 g/mol. The van der Waals surface area contributed by atoms with Crippen molar-refractivity contribution in [2.75, 3.05) is 13.7 Å². The first-order chi connectivity index (χ1) is 26.6. The van der Waals surface area contributed by atoms with Gasteiger partial charge in [-0.15, -0.1) is 5.10 Å². The van der Waals surface area contributed by atoms with Crippen molar-refractivity contribution in [2.45, 2.75) is 32.6 Å². The molecule has 0 fully saturated rings. The lowest BCUT2D eigenvalue weighted by atomic mass is 9.95. The molecule has 0 aliphatic heterocycles. The fourth-order valence-electron chi connectivity index (χ4n) is 5.19. The summed E-state index contributed by atoms with van der Waals surface area (Å²) < 4.78 is 10.2. The normalized spacial score (nSPS) is 11.1. The second-order valence-electron chi connectivity index (χ2n) is 11.4. The zero-order chi connectivity index (χ0) is 37.8. The van der Waals surface area contributed by atoms with Crippen LogP contribution in [0.4, 0.5) is 0 Å². The van der Waals surface area contributed by atoms with Gasteiger partial charge in [0.2, 0.25) is 5.88 Å². The number of hydrogen-bond acceptors (Lipinski definition) is 13. The molecule has 0 amide bonds. The number of rotatable bonds is 4. The van der Waals surface area contributed by atoms with Crippen LogP contribution < -0.4 is 9.47 Å². The molecule has 1 N–H and O–H groups in total. The van der Waals surface area contributed by atoms with Crippen molar-refractivity contribution in [3.8, 4) is 11.6 Å². The van der Waals surface area contributed by atoms with Gasteiger partial charge in [0.05, 0.1) is 74.4 Å². The van der Waals surface area contributed by atoms with Gasteiger partial charge < -0.3 is 14.6 Å². The topological polar surface area (TPSA) is 185 Å². The molecule has 9 rings (SSSR count). The van der Waals surface area contributed by atoms with Gasteiger partial charge in [-0.25, -0.2) is 4.79 Å². The largest absolute Gasteiger partial charge is 0.492 e. The van der Waals surface area contributed by atoms with Crippen LogP contribution in [0.25, 0.3) is 32.4 Å². The standard InChI is InChI=1S/C9H6N2O2.C9H8N2O.C8H10N2.C8H6N2.C6H8N2O/c12-9(13)6-1-2-7-4-10-11-5-8(7)3-6;1-12-9-8-5-3-2-4-7(8)6-10-11-9;1-2-4-8-6-10-9-5-7(8)3-1;1-2-4-8-7(3-1)5-6-9-10-8;1-2-9-6-3-4-7-8-5-6/h1-5H,(H,12,13);2-6H,1H3;5-6H,1-4H2;1-6H;3-5H,2H2,1H3. The summed E-state index contributed by atoms with van der Waals surface area (Å²) in [6.45, 7) is 2.60. The van der Waals surface area contributed by atoms with Gasteiger partial charge >= 0.3 is 5.97 Å². The lowest BCUT2D eigenvalue weighted by Crippen LogP contribution is -2.03. The van der Waals surface area contributed by atoms with Crippen molar-refractivity contribution in [2.24, 2.45) is 0 Å². The summed E-state index contributed by atoms with van der Waals surface area (Å²) >= 11 is 0. The quantitative estimate of drug-likeness (QED) is 0.199. The lowest BCUT2D eigenvalue weighted by molar-refractivity contribution is 0.0697. The second-order valence-corrected chi connectivity index (χ2v) is 11.4. The van der Waals surface area contributed by atoms with Crippen LogP contribution in [0, 0.1) is 0 Å². The number of fused-ring (bicyclic) bond motifs is 4. The lowest BCUT2D eigenvalue weighted by Gasteiger charge is -2.12. The molecule has 3 aromatic carbocycles. The second kappa shape index (κ2) is 20.7. The SMILES string of the molecule is CCOc1ccnnc1.COc1nncc2ccccc12.O=C(O)c1ccc2cnncc2c1.c1ccc2nnccc2c1.c1nncc2c1CCCC2. The van der Waals surface area contributed by atoms with E-state index in [1.807, 2.05) is 73.9 Å². The van der Waals surface area contributed by atoms with Crippen LogP contribution in [-0.4, -0.2) is 75.8 Å². The van der Waals surface area contributed by atoms with E-state index < -0.39 is 5.97 Å². The Balaban J connectivity index is 0.000000131. The summed E-state index contributed by atoms with van der Waals surface area (Å²) in [6.07, 6.45) is 18.6. The molecule has 0 unspecified atom stereocenters. The Bertz CT molecular complexity index is 2270. The van der Waals surface area contributed by atoms with Crippen LogP contribution in [0.5, 0.6) is 11.6 Å².